The van der Waals surface area contributed by atoms with Gasteiger partial charge in [0.15, 0.2) is 5.03 Å². The first kappa shape index (κ1) is 12.9. The Bertz CT molecular complexity index is 452. The van der Waals surface area contributed by atoms with Crippen LogP contribution in [-0.4, -0.2) is 47.1 Å². The van der Waals surface area contributed by atoms with Crippen molar-refractivity contribution in [3.05, 3.63) is 25.2 Å². The molecule has 0 aliphatic heterocycles. The highest BCUT2D eigenvalue weighted by Gasteiger charge is 2.24. The maximum Gasteiger partial charge on any atom is 0.262 e. The molecule has 16 heavy (non-hydrogen) atoms. The number of aromatic nitrogens is 2. The minimum atomic E-state index is -3.63. The Hall–Kier alpha value is -1.18. The predicted octanol–water partition coefficient (Wildman–Crippen LogP) is -0.411. The predicted molar refractivity (Wildman–Crippen MR) is 59.2 cm³/mol. The highest BCUT2D eigenvalue weighted by Crippen LogP contribution is 2.12. The molecule has 0 aromatic carbocycles. The van der Waals surface area contributed by atoms with Crippen LogP contribution in [0.15, 0.2) is 30.2 Å². The Morgan fingerprint density at radius 2 is 2.38 bits per heavy atom. The lowest BCUT2D eigenvalue weighted by atomic mass is 10.6. The number of nitrogens with zero attached hydrogens (tertiary/aromatic N) is 3. The van der Waals surface area contributed by atoms with E-state index in [-0.39, 0.29) is 24.7 Å². The minimum Gasteiger partial charge on any atom is -0.395 e. The average molecular weight is 245 g/mol. The summed E-state index contributed by atoms with van der Waals surface area (Å²) in [6.07, 6.45) is 4.30. The Balaban J connectivity index is 3.02. The van der Waals surface area contributed by atoms with Crippen LogP contribution in [0.5, 0.6) is 0 Å². The summed E-state index contributed by atoms with van der Waals surface area (Å²) in [5.41, 5.74) is 0. The monoisotopic (exact) mass is 245 g/mol. The van der Waals surface area contributed by atoms with Crippen LogP contribution in [0.1, 0.15) is 0 Å². The molecule has 0 saturated heterocycles. The highest BCUT2D eigenvalue weighted by molar-refractivity contribution is 7.89. The molecule has 1 aromatic rings. The van der Waals surface area contributed by atoms with Gasteiger partial charge in [-0.25, -0.2) is 13.4 Å². The van der Waals surface area contributed by atoms with Gasteiger partial charge in [-0.05, 0) is 0 Å². The molecule has 0 amide bonds. The van der Waals surface area contributed by atoms with Crippen molar-refractivity contribution in [2.45, 2.75) is 5.03 Å². The molecule has 7 heteroatoms. The van der Waals surface area contributed by atoms with Gasteiger partial charge in [0, 0.05) is 26.3 Å². The van der Waals surface area contributed by atoms with Gasteiger partial charge in [-0.3, -0.25) is 0 Å². The standard InChI is InChI=1S/C9H15N3O3S/c1-3-4-12(5-6-13)16(14,15)9-7-11(2)8-10-9/h3,7-8,13H,1,4-6H2,2H3. The summed E-state index contributed by atoms with van der Waals surface area (Å²) in [6.45, 7) is 3.43. The van der Waals surface area contributed by atoms with Crippen molar-refractivity contribution in [3.63, 3.8) is 0 Å². The van der Waals surface area contributed by atoms with Gasteiger partial charge in [0.25, 0.3) is 10.0 Å². The van der Waals surface area contributed by atoms with E-state index in [9.17, 15) is 8.42 Å². The van der Waals surface area contributed by atoms with Crippen molar-refractivity contribution < 1.29 is 13.5 Å². The zero-order valence-corrected chi connectivity index (χ0v) is 9.89. The van der Waals surface area contributed by atoms with Crippen LogP contribution in [0.3, 0.4) is 0 Å². The van der Waals surface area contributed by atoms with E-state index < -0.39 is 10.0 Å². The Morgan fingerprint density at radius 3 is 2.81 bits per heavy atom. The maximum absolute atomic E-state index is 12.0. The highest BCUT2D eigenvalue weighted by atomic mass is 32.2. The third kappa shape index (κ3) is 2.69. The Labute approximate surface area is 94.9 Å². The van der Waals surface area contributed by atoms with Crippen molar-refractivity contribution in [2.75, 3.05) is 19.7 Å². The van der Waals surface area contributed by atoms with Crippen molar-refractivity contribution in [1.82, 2.24) is 13.9 Å². The second kappa shape index (κ2) is 5.24. The molecule has 1 N–H and O–H groups in total. The summed E-state index contributed by atoms with van der Waals surface area (Å²) in [7, 11) is -1.94. The molecule has 0 saturated carbocycles. The van der Waals surface area contributed by atoms with E-state index in [1.807, 2.05) is 0 Å². The van der Waals surface area contributed by atoms with Gasteiger partial charge in [-0.15, -0.1) is 6.58 Å². The van der Waals surface area contributed by atoms with E-state index in [4.69, 9.17) is 5.11 Å². The summed E-state index contributed by atoms with van der Waals surface area (Å²) in [4.78, 5) is 3.79. The lowest BCUT2D eigenvalue weighted by Crippen LogP contribution is -2.33. The molecule has 1 aromatic heterocycles. The van der Waals surface area contributed by atoms with E-state index in [0.717, 1.165) is 4.31 Å². The number of aryl methyl sites for hydroxylation is 1. The first-order valence-corrected chi connectivity index (χ1v) is 6.16. The molecular weight excluding hydrogens is 230 g/mol. The van der Waals surface area contributed by atoms with Crippen LogP contribution >= 0.6 is 0 Å². The van der Waals surface area contributed by atoms with Gasteiger partial charge in [0.1, 0.15) is 0 Å². The van der Waals surface area contributed by atoms with E-state index >= 15 is 0 Å². The molecule has 0 bridgehead atoms. The summed E-state index contributed by atoms with van der Waals surface area (Å²) < 4.78 is 26.7. The van der Waals surface area contributed by atoms with E-state index in [1.54, 1.807) is 11.6 Å². The zero-order valence-electron chi connectivity index (χ0n) is 9.07. The first-order valence-electron chi connectivity index (χ1n) is 4.72. The topological polar surface area (TPSA) is 75.4 Å². The molecule has 0 spiro atoms. The molecule has 0 atom stereocenters. The molecule has 90 valence electrons. The fourth-order valence-corrected chi connectivity index (χ4v) is 2.59. The second-order valence-electron chi connectivity index (χ2n) is 3.25. The van der Waals surface area contributed by atoms with Crippen molar-refractivity contribution >= 4 is 10.0 Å². The summed E-state index contributed by atoms with van der Waals surface area (Å²) in [5.74, 6) is 0. The fourth-order valence-electron chi connectivity index (χ4n) is 1.22. The van der Waals surface area contributed by atoms with Crippen LogP contribution < -0.4 is 0 Å². The number of imidazole rings is 1. The number of sulfonamides is 1. The normalized spacial score (nSPS) is 11.9. The lowest BCUT2D eigenvalue weighted by molar-refractivity contribution is 0.260. The minimum absolute atomic E-state index is 0.0229. The molecular formula is C9H15N3O3S. The van der Waals surface area contributed by atoms with Crippen molar-refractivity contribution in [1.29, 1.82) is 0 Å². The van der Waals surface area contributed by atoms with Gasteiger partial charge in [-0.2, -0.15) is 4.31 Å². The summed E-state index contributed by atoms with van der Waals surface area (Å²) >= 11 is 0. The van der Waals surface area contributed by atoms with E-state index in [2.05, 4.69) is 11.6 Å². The Morgan fingerprint density at radius 1 is 1.69 bits per heavy atom. The average Bonchev–Trinajstić information content (AvgIpc) is 2.65. The van der Waals surface area contributed by atoms with Gasteiger partial charge in [-0.1, -0.05) is 6.08 Å². The first-order chi connectivity index (χ1) is 7.52. The van der Waals surface area contributed by atoms with Crippen LogP contribution in [0.25, 0.3) is 0 Å². The largest absolute Gasteiger partial charge is 0.395 e. The quantitative estimate of drug-likeness (QED) is 0.691. The SMILES string of the molecule is C=CCN(CCO)S(=O)(=O)c1cn(C)cn1. The molecule has 0 aliphatic rings. The van der Waals surface area contributed by atoms with Gasteiger partial charge < -0.3 is 9.67 Å². The Kier molecular flexibility index (Phi) is 4.22. The zero-order chi connectivity index (χ0) is 12.2. The van der Waals surface area contributed by atoms with Crippen LogP contribution in [-0.2, 0) is 17.1 Å². The van der Waals surface area contributed by atoms with E-state index in [1.165, 1.54) is 18.6 Å². The number of hydrogen-bond acceptors (Lipinski definition) is 4. The molecule has 0 aliphatic carbocycles. The second-order valence-corrected chi connectivity index (χ2v) is 5.14. The lowest BCUT2D eigenvalue weighted by Gasteiger charge is -2.17. The van der Waals surface area contributed by atoms with Crippen molar-refractivity contribution in [2.24, 2.45) is 7.05 Å². The molecule has 0 unspecified atom stereocenters. The molecule has 1 rings (SSSR count). The van der Waals surface area contributed by atoms with Gasteiger partial charge >= 0.3 is 0 Å². The van der Waals surface area contributed by atoms with Crippen LogP contribution in [0.2, 0.25) is 0 Å². The van der Waals surface area contributed by atoms with Gasteiger partial charge in [0.05, 0.1) is 12.9 Å². The molecule has 6 nitrogen and oxygen atoms in total. The summed E-state index contributed by atoms with van der Waals surface area (Å²) in [5, 5.41) is 8.79. The summed E-state index contributed by atoms with van der Waals surface area (Å²) in [6, 6.07) is 0. The molecule has 0 fully saturated rings. The third-order valence-electron chi connectivity index (χ3n) is 1.97. The number of rotatable bonds is 6. The molecule has 0 radical (unpaired) electrons. The fraction of sp³-hybridized carbons (Fsp3) is 0.444. The molecule has 1 heterocycles. The van der Waals surface area contributed by atoms with Gasteiger partial charge in [0.2, 0.25) is 0 Å². The van der Waals surface area contributed by atoms with Crippen molar-refractivity contribution in [3.8, 4) is 0 Å². The smallest absolute Gasteiger partial charge is 0.262 e. The number of hydrogen-bond donors (Lipinski definition) is 1. The van der Waals surface area contributed by atoms with Crippen LogP contribution in [0, 0.1) is 0 Å². The third-order valence-corrected chi connectivity index (χ3v) is 3.72. The number of aliphatic hydroxyl groups excluding tert-OH is 1. The van der Waals surface area contributed by atoms with E-state index in [0.29, 0.717) is 0 Å². The maximum atomic E-state index is 12.0. The van der Waals surface area contributed by atoms with Crippen LogP contribution in [0.4, 0.5) is 0 Å². The number of aliphatic hydroxyl groups is 1.